The van der Waals surface area contributed by atoms with Gasteiger partial charge in [-0.15, -0.1) is 0 Å². The Bertz CT molecular complexity index is 1000. The fourth-order valence-corrected chi connectivity index (χ4v) is 4.42. The van der Waals surface area contributed by atoms with Crippen molar-refractivity contribution in [3.63, 3.8) is 0 Å². The Balaban J connectivity index is 1.73. The highest BCUT2D eigenvalue weighted by Gasteiger charge is 2.21. The standard InChI is InChI=1S/C22H29N5O/c1-14-12-15(2)23-21-20(14)22(27-16(3)10-11-17(27)4)25-26(21)13-19(28)24-18-8-6-5-7-9-18/h10-12,18H,5-9,13H2,1-4H3,(H,24,28). The predicted molar refractivity (Wildman–Crippen MR) is 111 cm³/mol. The number of aromatic nitrogens is 4. The summed E-state index contributed by atoms with van der Waals surface area (Å²) < 4.78 is 3.91. The molecule has 6 heteroatoms. The van der Waals surface area contributed by atoms with E-state index < -0.39 is 0 Å². The maximum Gasteiger partial charge on any atom is 0.242 e. The smallest absolute Gasteiger partial charge is 0.242 e. The summed E-state index contributed by atoms with van der Waals surface area (Å²) in [5, 5.41) is 9.05. The second-order valence-electron chi connectivity index (χ2n) is 8.11. The van der Waals surface area contributed by atoms with Gasteiger partial charge in [0, 0.05) is 23.1 Å². The van der Waals surface area contributed by atoms with Gasteiger partial charge < -0.3 is 9.88 Å². The van der Waals surface area contributed by atoms with Crippen molar-refractivity contribution in [2.24, 2.45) is 0 Å². The first-order chi connectivity index (χ1) is 13.4. The molecule has 0 saturated heterocycles. The van der Waals surface area contributed by atoms with E-state index in [1.165, 1.54) is 19.3 Å². The number of carbonyl (C=O) groups excluding carboxylic acids is 1. The van der Waals surface area contributed by atoms with E-state index >= 15 is 0 Å². The third-order valence-electron chi connectivity index (χ3n) is 5.76. The highest BCUT2D eigenvalue weighted by atomic mass is 16.2. The Morgan fingerprint density at radius 1 is 1.11 bits per heavy atom. The van der Waals surface area contributed by atoms with Crippen LogP contribution >= 0.6 is 0 Å². The summed E-state index contributed by atoms with van der Waals surface area (Å²) in [5.74, 6) is 0.871. The summed E-state index contributed by atoms with van der Waals surface area (Å²) in [6.45, 7) is 8.41. The van der Waals surface area contributed by atoms with Crippen molar-refractivity contribution in [1.82, 2.24) is 24.6 Å². The molecule has 0 unspecified atom stereocenters. The number of carbonyl (C=O) groups is 1. The molecule has 0 bridgehead atoms. The van der Waals surface area contributed by atoms with Gasteiger partial charge >= 0.3 is 0 Å². The van der Waals surface area contributed by atoms with Crippen LogP contribution in [0.3, 0.4) is 0 Å². The topological polar surface area (TPSA) is 64.7 Å². The number of nitrogens with zero attached hydrogens (tertiary/aromatic N) is 4. The molecule has 3 aromatic heterocycles. The van der Waals surface area contributed by atoms with Gasteiger partial charge in [0.25, 0.3) is 0 Å². The van der Waals surface area contributed by atoms with Gasteiger partial charge in [0.2, 0.25) is 5.91 Å². The minimum atomic E-state index is 0.0183. The van der Waals surface area contributed by atoms with Crippen molar-refractivity contribution in [3.05, 3.63) is 40.8 Å². The minimum absolute atomic E-state index is 0.0183. The number of fused-ring (bicyclic) bond motifs is 1. The Morgan fingerprint density at radius 2 is 1.79 bits per heavy atom. The number of hydrogen-bond donors (Lipinski definition) is 1. The van der Waals surface area contributed by atoms with Crippen LogP contribution in [0.5, 0.6) is 0 Å². The molecule has 1 N–H and O–H groups in total. The summed E-state index contributed by atoms with van der Waals surface area (Å²) in [5.41, 5.74) is 5.08. The zero-order valence-corrected chi connectivity index (χ0v) is 17.2. The van der Waals surface area contributed by atoms with Crippen LogP contribution in [0.1, 0.15) is 54.7 Å². The Morgan fingerprint density at radius 3 is 2.46 bits per heavy atom. The number of rotatable bonds is 4. The molecule has 4 rings (SSSR count). The SMILES string of the molecule is Cc1cc(C)c2c(-n3c(C)ccc3C)nn(CC(=O)NC3CCCCC3)c2n1. The van der Waals surface area contributed by atoms with Gasteiger partial charge in [-0.05, 0) is 64.3 Å². The molecule has 0 atom stereocenters. The molecule has 3 heterocycles. The fourth-order valence-electron chi connectivity index (χ4n) is 4.42. The molecular weight excluding hydrogens is 350 g/mol. The van der Waals surface area contributed by atoms with Gasteiger partial charge in [-0.1, -0.05) is 19.3 Å². The molecular formula is C22H29N5O. The molecule has 28 heavy (non-hydrogen) atoms. The van der Waals surface area contributed by atoms with E-state index in [0.29, 0.717) is 6.04 Å². The van der Waals surface area contributed by atoms with E-state index in [2.05, 4.69) is 48.9 Å². The normalized spacial score (nSPS) is 15.3. The molecule has 3 aromatic rings. The number of hydrogen-bond acceptors (Lipinski definition) is 3. The molecule has 1 fully saturated rings. The molecule has 1 aliphatic carbocycles. The van der Waals surface area contributed by atoms with Crippen LogP contribution in [0.4, 0.5) is 0 Å². The van der Waals surface area contributed by atoms with Gasteiger partial charge in [-0.25, -0.2) is 9.67 Å². The Hall–Kier alpha value is -2.63. The molecule has 6 nitrogen and oxygen atoms in total. The maximum atomic E-state index is 12.7. The summed E-state index contributed by atoms with van der Waals surface area (Å²) in [6, 6.07) is 6.56. The summed E-state index contributed by atoms with van der Waals surface area (Å²) in [6.07, 6.45) is 5.83. The first-order valence-electron chi connectivity index (χ1n) is 10.2. The zero-order valence-electron chi connectivity index (χ0n) is 17.2. The molecule has 1 saturated carbocycles. The monoisotopic (exact) mass is 379 g/mol. The lowest BCUT2D eigenvalue weighted by Crippen LogP contribution is -2.38. The number of nitrogens with one attached hydrogen (secondary N) is 1. The first kappa shape index (κ1) is 18.7. The highest BCUT2D eigenvalue weighted by Crippen LogP contribution is 2.27. The average Bonchev–Trinajstić information content (AvgIpc) is 3.15. The van der Waals surface area contributed by atoms with Gasteiger partial charge in [0.15, 0.2) is 11.5 Å². The van der Waals surface area contributed by atoms with Crippen molar-refractivity contribution >= 4 is 16.9 Å². The largest absolute Gasteiger partial charge is 0.352 e. The molecule has 0 radical (unpaired) electrons. The van der Waals surface area contributed by atoms with Crippen LogP contribution in [-0.4, -0.2) is 31.3 Å². The molecule has 1 amide bonds. The zero-order chi connectivity index (χ0) is 19.8. The van der Waals surface area contributed by atoms with E-state index in [1.807, 2.05) is 6.92 Å². The minimum Gasteiger partial charge on any atom is -0.352 e. The first-order valence-corrected chi connectivity index (χ1v) is 10.2. The van der Waals surface area contributed by atoms with Crippen LogP contribution in [0.15, 0.2) is 18.2 Å². The van der Waals surface area contributed by atoms with E-state index in [9.17, 15) is 4.79 Å². The molecule has 148 valence electrons. The van der Waals surface area contributed by atoms with Crippen molar-refractivity contribution in [2.45, 2.75) is 72.4 Å². The van der Waals surface area contributed by atoms with Crippen LogP contribution in [0.25, 0.3) is 16.9 Å². The van der Waals surface area contributed by atoms with Crippen LogP contribution in [0, 0.1) is 27.7 Å². The van der Waals surface area contributed by atoms with E-state index in [-0.39, 0.29) is 12.5 Å². The number of pyridine rings is 1. The lowest BCUT2D eigenvalue weighted by atomic mass is 9.95. The Kier molecular flexibility index (Phi) is 4.96. The predicted octanol–water partition coefficient (Wildman–Crippen LogP) is 3.90. The highest BCUT2D eigenvalue weighted by molar-refractivity contribution is 5.88. The second-order valence-corrected chi connectivity index (χ2v) is 8.11. The van der Waals surface area contributed by atoms with Crippen molar-refractivity contribution in [2.75, 3.05) is 0 Å². The van der Waals surface area contributed by atoms with Crippen LogP contribution < -0.4 is 5.32 Å². The van der Waals surface area contributed by atoms with Crippen molar-refractivity contribution < 1.29 is 4.79 Å². The van der Waals surface area contributed by atoms with Gasteiger partial charge in [0.05, 0.1) is 5.39 Å². The van der Waals surface area contributed by atoms with Gasteiger partial charge in [0.1, 0.15) is 6.54 Å². The molecule has 0 spiro atoms. The fraction of sp³-hybridized carbons (Fsp3) is 0.500. The number of amides is 1. The lowest BCUT2D eigenvalue weighted by molar-refractivity contribution is -0.122. The quantitative estimate of drug-likeness (QED) is 0.748. The van der Waals surface area contributed by atoms with E-state index in [1.54, 1.807) is 4.68 Å². The summed E-state index contributed by atoms with van der Waals surface area (Å²) in [7, 11) is 0. The van der Waals surface area contributed by atoms with Crippen LogP contribution in [-0.2, 0) is 11.3 Å². The molecule has 0 aliphatic heterocycles. The van der Waals surface area contributed by atoms with Crippen molar-refractivity contribution in [3.8, 4) is 5.82 Å². The summed E-state index contributed by atoms with van der Waals surface area (Å²) in [4.78, 5) is 17.5. The lowest BCUT2D eigenvalue weighted by Gasteiger charge is -2.22. The van der Waals surface area contributed by atoms with Gasteiger partial charge in [-0.3, -0.25) is 4.79 Å². The number of aryl methyl sites for hydroxylation is 4. The third kappa shape index (κ3) is 3.43. The van der Waals surface area contributed by atoms with Crippen molar-refractivity contribution in [1.29, 1.82) is 0 Å². The van der Waals surface area contributed by atoms with E-state index in [4.69, 9.17) is 10.1 Å². The van der Waals surface area contributed by atoms with E-state index in [0.717, 1.165) is 52.3 Å². The maximum absolute atomic E-state index is 12.7. The van der Waals surface area contributed by atoms with Gasteiger partial charge in [-0.2, -0.15) is 5.10 Å². The molecule has 0 aromatic carbocycles. The third-order valence-corrected chi connectivity index (χ3v) is 5.76. The average molecular weight is 380 g/mol. The van der Waals surface area contributed by atoms with Crippen LogP contribution in [0.2, 0.25) is 0 Å². The second kappa shape index (κ2) is 7.41. The molecule has 1 aliphatic rings. The summed E-state index contributed by atoms with van der Waals surface area (Å²) >= 11 is 0. The Labute approximate surface area is 166 Å².